The van der Waals surface area contributed by atoms with E-state index in [4.69, 9.17) is 0 Å². The highest BCUT2D eigenvalue weighted by Gasteiger charge is 2.52. The number of rotatable bonds is 3. The zero-order chi connectivity index (χ0) is 16.0. The van der Waals surface area contributed by atoms with Crippen molar-refractivity contribution in [2.24, 2.45) is 11.3 Å². The zero-order valence-corrected chi connectivity index (χ0v) is 13.1. The van der Waals surface area contributed by atoms with Gasteiger partial charge in [-0.1, -0.05) is 18.9 Å². The molecule has 1 aromatic carbocycles. The van der Waals surface area contributed by atoms with Crippen LogP contribution in [-0.2, 0) is 4.79 Å². The van der Waals surface area contributed by atoms with Gasteiger partial charge >= 0.3 is 0 Å². The second-order valence-corrected chi connectivity index (χ2v) is 7.29. The van der Waals surface area contributed by atoms with E-state index in [1.165, 1.54) is 24.6 Å². The van der Waals surface area contributed by atoms with E-state index in [0.717, 1.165) is 32.4 Å². The summed E-state index contributed by atoms with van der Waals surface area (Å²) in [6.45, 7) is 1.64. The minimum atomic E-state index is -0.511. The second-order valence-electron chi connectivity index (χ2n) is 7.29. The fraction of sp³-hybridized carbons (Fsp3) is 0.611. The lowest BCUT2D eigenvalue weighted by Crippen LogP contribution is -2.48. The Hall–Kier alpha value is -1.49. The van der Waals surface area contributed by atoms with Gasteiger partial charge in [0.25, 0.3) is 0 Å². The molecule has 2 unspecified atom stereocenters. The number of benzene rings is 1. The van der Waals surface area contributed by atoms with Crippen LogP contribution in [0.15, 0.2) is 18.2 Å². The summed E-state index contributed by atoms with van der Waals surface area (Å²) in [6.07, 6.45) is 4.91. The highest BCUT2D eigenvalue weighted by atomic mass is 19.1. The molecule has 4 rings (SSSR count). The van der Waals surface area contributed by atoms with Gasteiger partial charge < -0.3 is 10.6 Å². The standard InChI is InChI=1S/C18H22F2N2O/c19-13-5-3-6-14(20)16(13)12-8-15(12)22-17(23)18-7-2-1-4-11(18)9-21-10-18/h3,5-6,11-12,15,21H,1-2,4,7-10H2,(H,22,23)/t11-,12?,15?,18+/m0/s1. The van der Waals surface area contributed by atoms with Crippen LogP contribution in [0.2, 0.25) is 0 Å². The van der Waals surface area contributed by atoms with Gasteiger partial charge in [0.2, 0.25) is 5.91 Å². The maximum atomic E-state index is 13.9. The summed E-state index contributed by atoms with van der Waals surface area (Å²) in [5, 5.41) is 6.44. The van der Waals surface area contributed by atoms with Crippen LogP contribution in [-0.4, -0.2) is 25.0 Å². The van der Waals surface area contributed by atoms with Gasteiger partial charge in [-0.3, -0.25) is 4.79 Å². The number of hydrogen-bond donors (Lipinski definition) is 2. The van der Waals surface area contributed by atoms with Crippen molar-refractivity contribution < 1.29 is 13.6 Å². The van der Waals surface area contributed by atoms with E-state index in [0.29, 0.717) is 12.3 Å². The van der Waals surface area contributed by atoms with E-state index in [9.17, 15) is 13.6 Å². The van der Waals surface area contributed by atoms with Gasteiger partial charge in [-0.05, 0) is 43.9 Å². The van der Waals surface area contributed by atoms with Crippen molar-refractivity contribution >= 4 is 5.91 Å². The fourth-order valence-corrected chi connectivity index (χ4v) is 4.54. The maximum Gasteiger partial charge on any atom is 0.228 e. The summed E-state index contributed by atoms with van der Waals surface area (Å²) >= 11 is 0. The summed E-state index contributed by atoms with van der Waals surface area (Å²) in [6, 6.07) is 3.81. The monoisotopic (exact) mass is 320 g/mol. The van der Waals surface area contributed by atoms with Crippen LogP contribution in [0.3, 0.4) is 0 Å². The molecule has 2 aliphatic carbocycles. The summed E-state index contributed by atoms with van der Waals surface area (Å²) in [5.41, 5.74) is -0.181. The lowest BCUT2D eigenvalue weighted by molar-refractivity contribution is -0.134. The first-order valence-corrected chi connectivity index (χ1v) is 8.57. The van der Waals surface area contributed by atoms with Crippen LogP contribution in [0.1, 0.15) is 43.6 Å². The molecule has 3 aliphatic rings. The summed E-state index contributed by atoms with van der Waals surface area (Å²) < 4.78 is 27.7. The number of nitrogens with one attached hydrogen (secondary N) is 2. The molecule has 2 N–H and O–H groups in total. The third kappa shape index (κ3) is 2.45. The molecule has 124 valence electrons. The maximum absolute atomic E-state index is 13.9. The first-order valence-electron chi connectivity index (χ1n) is 8.57. The number of carbonyl (C=O) groups is 1. The number of fused-ring (bicyclic) bond motifs is 1. The van der Waals surface area contributed by atoms with Gasteiger partial charge in [0, 0.05) is 24.1 Å². The van der Waals surface area contributed by atoms with E-state index in [2.05, 4.69) is 10.6 Å². The van der Waals surface area contributed by atoms with Gasteiger partial charge in [0.1, 0.15) is 11.6 Å². The molecule has 1 aromatic rings. The predicted octanol–water partition coefficient (Wildman–Crippen LogP) is 2.72. The lowest BCUT2D eigenvalue weighted by Gasteiger charge is -2.37. The Morgan fingerprint density at radius 2 is 2.04 bits per heavy atom. The molecular weight excluding hydrogens is 298 g/mol. The topological polar surface area (TPSA) is 41.1 Å². The molecular formula is C18H22F2N2O. The third-order valence-electron chi connectivity index (χ3n) is 5.97. The number of amides is 1. The molecule has 1 amide bonds. The van der Waals surface area contributed by atoms with Crippen molar-refractivity contribution in [2.45, 2.75) is 44.1 Å². The van der Waals surface area contributed by atoms with Crippen molar-refractivity contribution in [3.8, 4) is 0 Å². The number of carbonyl (C=O) groups excluding carboxylic acids is 1. The van der Waals surface area contributed by atoms with Gasteiger partial charge in [0.15, 0.2) is 0 Å². The third-order valence-corrected chi connectivity index (χ3v) is 5.97. The molecule has 5 heteroatoms. The first-order chi connectivity index (χ1) is 11.1. The molecule has 0 spiro atoms. The van der Waals surface area contributed by atoms with Gasteiger partial charge in [-0.2, -0.15) is 0 Å². The van der Waals surface area contributed by atoms with Crippen LogP contribution in [0.5, 0.6) is 0 Å². The fourth-order valence-electron chi connectivity index (χ4n) is 4.54. The molecule has 0 aromatic heterocycles. The Bertz CT molecular complexity index is 615. The Morgan fingerprint density at radius 1 is 1.26 bits per heavy atom. The molecule has 0 bridgehead atoms. The normalized spacial score (nSPS) is 35.7. The van der Waals surface area contributed by atoms with E-state index in [1.807, 2.05) is 0 Å². The summed E-state index contributed by atoms with van der Waals surface area (Å²) in [5.74, 6) is -0.769. The van der Waals surface area contributed by atoms with E-state index >= 15 is 0 Å². The average Bonchev–Trinajstić information content (AvgIpc) is 3.12. The van der Waals surface area contributed by atoms with Crippen molar-refractivity contribution in [1.29, 1.82) is 0 Å². The first kappa shape index (κ1) is 15.1. The van der Waals surface area contributed by atoms with Gasteiger partial charge in [0.05, 0.1) is 5.41 Å². The van der Waals surface area contributed by atoms with E-state index in [-0.39, 0.29) is 28.8 Å². The molecule has 1 saturated heterocycles. The minimum absolute atomic E-state index is 0.0800. The van der Waals surface area contributed by atoms with Crippen LogP contribution in [0.25, 0.3) is 0 Å². The SMILES string of the molecule is O=C(NC1CC1c1c(F)cccc1F)[C@@]12CCCC[C@H]1CNC2. The minimum Gasteiger partial charge on any atom is -0.352 e. The Balaban J connectivity index is 1.47. The molecule has 4 atom stereocenters. The second kappa shape index (κ2) is 5.55. The molecule has 2 saturated carbocycles. The molecule has 23 heavy (non-hydrogen) atoms. The van der Waals surface area contributed by atoms with Crippen LogP contribution >= 0.6 is 0 Å². The average molecular weight is 320 g/mol. The molecule has 3 nitrogen and oxygen atoms in total. The highest BCUT2D eigenvalue weighted by molar-refractivity contribution is 5.84. The van der Waals surface area contributed by atoms with Crippen molar-refractivity contribution in [2.75, 3.05) is 13.1 Å². The van der Waals surface area contributed by atoms with E-state index < -0.39 is 11.6 Å². The van der Waals surface area contributed by atoms with Gasteiger partial charge in [-0.25, -0.2) is 8.78 Å². The predicted molar refractivity (Wildman–Crippen MR) is 82.9 cm³/mol. The van der Waals surface area contributed by atoms with Crippen molar-refractivity contribution in [1.82, 2.24) is 10.6 Å². The largest absolute Gasteiger partial charge is 0.352 e. The summed E-state index contributed by atoms with van der Waals surface area (Å²) in [4.78, 5) is 12.9. The molecule has 0 radical (unpaired) electrons. The Labute approximate surface area is 134 Å². The molecule has 1 aliphatic heterocycles. The Morgan fingerprint density at radius 3 is 2.83 bits per heavy atom. The van der Waals surface area contributed by atoms with E-state index in [1.54, 1.807) is 0 Å². The van der Waals surface area contributed by atoms with Crippen molar-refractivity contribution in [3.05, 3.63) is 35.4 Å². The quantitative estimate of drug-likeness (QED) is 0.899. The molecule has 3 fully saturated rings. The number of hydrogen-bond acceptors (Lipinski definition) is 2. The van der Waals surface area contributed by atoms with Crippen LogP contribution in [0.4, 0.5) is 8.78 Å². The van der Waals surface area contributed by atoms with Crippen LogP contribution in [0, 0.1) is 23.0 Å². The lowest BCUT2D eigenvalue weighted by atomic mass is 9.67. The zero-order valence-electron chi connectivity index (χ0n) is 13.1. The van der Waals surface area contributed by atoms with Crippen molar-refractivity contribution in [3.63, 3.8) is 0 Å². The highest BCUT2D eigenvalue weighted by Crippen LogP contribution is 2.47. The summed E-state index contributed by atoms with van der Waals surface area (Å²) in [7, 11) is 0. The van der Waals surface area contributed by atoms with Gasteiger partial charge in [-0.15, -0.1) is 0 Å². The molecule has 1 heterocycles. The Kier molecular flexibility index (Phi) is 3.63. The number of halogens is 2. The smallest absolute Gasteiger partial charge is 0.228 e. The van der Waals surface area contributed by atoms with Crippen LogP contribution < -0.4 is 10.6 Å².